The molecule has 0 bridgehead atoms. The van der Waals surface area contributed by atoms with Crippen molar-refractivity contribution in [3.8, 4) is 11.5 Å². The quantitative estimate of drug-likeness (QED) is 0.757. The predicted octanol–water partition coefficient (Wildman–Crippen LogP) is 1.10. The molecule has 1 heterocycles. The van der Waals surface area contributed by atoms with Crippen molar-refractivity contribution in [2.45, 2.75) is 4.90 Å². The minimum Gasteiger partial charge on any atom is -0.495 e. The third-order valence-electron chi connectivity index (χ3n) is 3.25. The van der Waals surface area contributed by atoms with Gasteiger partial charge in [-0.05, 0) is 12.1 Å². The SMILES string of the molecule is COc1cc(C(=O)N2CCOCC2)cc(OC)c1S(=O)(=O)Cl. The summed E-state index contributed by atoms with van der Waals surface area (Å²) in [6, 6.07) is 2.69. The number of hydrogen-bond donors (Lipinski definition) is 0. The molecule has 0 N–H and O–H groups in total. The number of halogens is 1. The molecule has 0 radical (unpaired) electrons. The molecular formula is C13H16ClNO6S. The van der Waals surface area contributed by atoms with Crippen LogP contribution >= 0.6 is 10.7 Å². The zero-order valence-electron chi connectivity index (χ0n) is 12.2. The molecule has 1 aromatic rings. The molecule has 1 aromatic carbocycles. The fraction of sp³-hybridized carbons (Fsp3) is 0.462. The van der Waals surface area contributed by atoms with Crippen LogP contribution in [0.4, 0.5) is 0 Å². The van der Waals surface area contributed by atoms with Crippen molar-refractivity contribution in [2.75, 3.05) is 40.5 Å². The van der Waals surface area contributed by atoms with Crippen LogP contribution in [0.5, 0.6) is 11.5 Å². The number of ether oxygens (including phenoxy) is 3. The van der Waals surface area contributed by atoms with E-state index in [1.807, 2.05) is 0 Å². The minimum atomic E-state index is -4.08. The molecule has 22 heavy (non-hydrogen) atoms. The first-order chi connectivity index (χ1) is 10.4. The Labute approximate surface area is 133 Å². The highest BCUT2D eigenvalue weighted by atomic mass is 35.7. The topological polar surface area (TPSA) is 82.1 Å². The summed E-state index contributed by atoms with van der Waals surface area (Å²) in [6.07, 6.45) is 0. The lowest BCUT2D eigenvalue weighted by atomic mass is 10.1. The highest BCUT2D eigenvalue weighted by Crippen LogP contribution is 2.37. The number of rotatable bonds is 4. The van der Waals surface area contributed by atoms with Crippen molar-refractivity contribution in [3.63, 3.8) is 0 Å². The van der Waals surface area contributed by atoms with E-state index in [9.17, 15) is 13.2 Å². The third-order valence-corrected chi connectivity index (χ3v) is 4.60. The van der Waals surface area contributed by atoms with E-state index in [1.165, 1.54) is 26.4 Å². The molecule has 0 spiro atoms. The highest BCUT2D eigenvalue weighted by Gasteiger charge is 2.27. The summed E-state index contributed by atoms with van der Waals surface area (Å²) in [6.45, 7) is 1.88. The van der Waals surface area contributed by atoms with E-state index in [0.29, 0.717) is 26.3 Å². The summed E-state index contributed by atoms with van der Waals surface area (Å²) >= 11 is 0. The zero-order chi connectivity index (χ0) is 16.3. The van der Waals surface area contributed by atoms with Gasteiger partial charge >= 0.3 is 0 Å². The number of methoxy groups -OCH3 is 2. The van der Waals surface area contributed by atoms with Gasteiger partial charge < -0.3 is 19.1 Å². The van der Waals surface area contributed by atoms with Gasteiger partial charge in [0.05, 0.1) is 27.4 Å². The van der Waals surface area contributed by atoms with Crippen LogP contribution in [-0.4, -0.2) is 59.7 Å². The number of morpholine rings is 1. The van der Waals surface area contributed by atoms with Crippen LogP contribution in [-0.2, 0) is 13.8 Å². The summed E-state index contributed by atoms with van der Waals surface area (Å²) in [5, 5.41) is 0. The Bertz CT molecular complexity index is 644. The molecule has 7 nitrogen and oxygen atoms in total. The largest absolute Gasteiger partial charge is 0.495 e. The van der Waals surface area contributed by atoms with E-state index in [2.05, 4.69) is 0 Å². The molecule has 1 aliphatic heterocycles. The van der Waals surface area contributed by atoms with Crippen LogP contribution in [0.3, 0.4) is 0 Å². The van der Waals surface area contributed by atoms with Crippen LogP contribution in [0.15, 0.2) is 17.0 Å². The Morgan fingerprint density at radius 3 is 2.09 bits per heavy atom. The van der Waals surface area contributed by atoms with Crippen molar-refractivity contribution in [1.29, 1.82) is 0 Å². The van der Waals surface area contributed by atoms with E-state index in [4.69, 9.17) is 24.9 Å². The number of nitrogens with zero attached hydrogens (tertiary/aromatic N) is 1. The van der Waals surface area contributed by atoms with Gasteiger partial charge in [-0.3, -0.25) is 4.79 Å². The molecule has 2 rings (SSSR count). The summed E-state index contributed by atoms with van der Waals surface area (Å²) in [7, 11) is 3.92. The molecule has 0 aliphatic carbocycles. The van der Waals surface area contributed by atoms with Gasteiger partial charge in [-0.2, -0.15) is 0 Å². The first-order valence-electron chi connectivity index (χ1n) is 6.46. The molecule has 1 amide bonds. The van der Waals surface area contributed by atoms with Gasteiger partial charge in [-0.1, -0.05) is 0 Å². The Kier molecular flexibility index (Phi) is 5.15. The van der Waals surface area contributed by atoms with E-state index in [-0.39, 0.29) is 27.9 Å². The molecule has 1 aliphatic rings. The number of benzene rings is 1. The molecule has 1 saturated heterocycles. The maximum atomic E-state index is 12.5. The van der Waals surface area contributed by atoms with Crippen LogP contribution in [0.25, 0.3) is 0 Å². The summed E-state index contributed by atoms with van der Waals surface area (Å²) < 4.78 is 38.6. The minimum absolute atomic E-state index is 0.0361. The second-order valence-corrected chi connectivity index (χ2v) is 7.06. The Balaban J connectivity index is 2.48. The Hall–Kier alpha value is -1.51. The molecule has 0 unspecified atom stereocenters. The van der Waals surface area contributed by atoms with E-state index in [1.54, 1.807) is 4.90 Å². The standard InChI is InChI=1S/C13H16ClNO6S/c1-19-10-7-9(13(16)15-3-5-21-6-4-15)8-11(20-2)12(10)22(14,17)18/h7-8H,3-6H2,1-2H3. The highest BCUT2D eigenvalue weighted by molar-refractivity contribution is 8.13. The Morgan fingerprint density at radius 1 is 1.18 bits per heavy atom. The van der Waals surface area contributed by atoms with Gasteiger partial charge in [0.1, 0.15) is 11.5 Å². The summed E-state index contributed by atoms with van der Waals surface area (Å²) in [5.41, 5.74) is 0.264. The fourth-order valence-electron chi connectivity index (χ4n) is 2.19. The van der Waals surface area contributed by atoms with E-state index >= 15 is 0 Å². The van der Waals surface area contributed by atoms with Crippen molar-refractivity contribution in [2.24, 2.45) is 0 Å². The monoisotopic (exact) mass is 349 g/mol. The van der Waals surface area contributed by atoms with Crippen molar-refractivity contribution in [3.05, 3.63) is 17.7 Å². The maximum Gasteiger partial charge on any atom is 0.268 e. The first kappa shape index (κ1) is 16.9. The number of amides is 1. The zero-order valence-corrected chi connectivity index (χ0v) is 13.7. The first-order valence-corrected chi connectivity index (χ1v) is 8.77. The van der Waals surface area contributed by atoms with Crippen molar-refractivity contribution >= 4 is 25.6 Å². The van der Waals surface area contributed by atoms with Gasteiger partial charge in [0.15, 0.2) is 4.90 Å². The Morgan fingerprint density at radius 2 is 1.68 bits per heavy atom. The average molecular weight is 350 g/mol. The van der Waals surface area contributed by atoms with Gasteiger partial charge in [0.2, 0.25) is 0 Å². The summed E-state index contributed by atoms with van der Waals surface area (Å²) in [5.74, 6) is -0.324. The average Bonchev–Trinajstić information content (AvgIpc) is 2.52. The van der Waals surface area contributed by atoms with Crippen LogP contribution in [0.1, 0.15) is 10.4 Å². The number of hydrogen-bond acceptors (Lipinski definition) is 6. The van der Waals surface area contributed by atoms with Gasteiger partial charge in [-0.15, -0.1) is 0 Å². The van der Waals surface area contributed by atoms with Gasteiger partial charge in [0, 0.05) is 29.3 Å². The smallest absolute Gasteiger partial charge is 0.268 e. The van der Waals surface area contributed by atoms with Crippen molar-refractivity contribution in [1.82, 2.24) is 4.90 Å². The van der Waals surface area contributed by atoms with E-state index in [0.717, 1.165) is 0 Å². The molecule has 0 atom stereocenters. The molecular weight excluding hydrogens is 334 g/mol. The second-order valence-electron chi connectivity index (χ2n) is 4.55. The van der Waals surface area contributed by atoms with Crippen LogP contribution < -0.4 is 9.47 Å². The molecule has 9 heteroatoms. The third kappa shape index (κ3) is 3.45. The van der Waals surface area contributed by atoms with Gasteiger partial charge in [0.25, 0.3) is 15.0 Å². The lowest BCUT2D eigenvalue weighted by Crippen LogP contribution is -2.40. The molecule has 0 saturated carbocycles. The lowest BCUT2D eigenvalue weighted by molar-refractivity contribution is 0.0302. The van der Waals surface area contributed by atoms with Crippen LogP contribution in [0, 0.1) is 0 Å². The van der Waals surface area contributed by atoms with E-state index < -0.39 is 9.05 Å². The lowest BCUT2D eigenvalue weighted by Gasteiger charge is -2.27. The van der Waals surface area contributed by atoms with Crippen LogP contribution in [0.2, 0.25) is 0 Å². The normalized spacial score (nSPS) is 15.5. The molecule has 122 valence electrons. The maximum absolute atomic E-state index is 12.5. The number of carbonyl (C=O) groups excluding carboxylic acids is 1. The summed E-state index contributed by atoms with van der Waals surface area (Å²) in [4.78, 5) is 13.8. The number of carbonyl (C=O) groups is 1. The molecule has 1 fully saturated rings. The van der Waals surface area contributed by atoms with Gasteiger partial charge in [-0.25, -0.2) is 8.42 Å². The predicted molar refractivity (Wildman–Crippen MR) is 79.3 cm³/mol. The second kappa shape index (κ2) is 6.72. The molecule has 0 aromatic heterocycles. The fourth-order valence-corrected chi connectivity index (χ4v) is 3.41. The van der Waals surface area contributed by atoms with Crippen molar-refractivity contribution < 1.29 is 27.4 Å².